The standard InChI is InChI=1S/C18H35IN4/c1-2-20-7-3-17(4-8-20)15-21-9-5-18(6-10-21)16-22-11-13-23(19)14-12-22/h17-18H,2-16H2,1H3. The Morgan fingerprint density at radius 2 is 1.09 bits per heavy atom. The van der Waals surface area contributed by atoms with Crippen molar-refractivity contribution >= 4 is 22.9 Å². The summed E-state index contributed by atoms with van der Waals surface area (Å²) in [5.74, 6) is 1.92. The Morgan fingerprint density at radius 1 is 0.652 bits per heavy atom. The number of hydrogen-bond donors (Lipinski definition) is 0. The van der Waals surface area contributed by atoms with Gasteiger partial charge in [-0.1, -0.05) is 6.92 Å². The monoisotopic (exact) mass is 434 g/mol. The maximum absolute atomic E-state index is 2.77. The summed E-state index contributed by atoms with van der Waals surface area (Å²) in [6.07, 6.45) is 5.71. The van der Waals surface area contributed by atoms with E-state index in [9.17, 15) is 0 Å². The van der Waals surface area contributed by atoms with Crippen LogP contribution in [0.2, 0.25) is 0 Å². The molecule has 3 fully saturated rings. The van der Waals surface area contributed by atoms with Gasteiger partial charge in [-0.25, -0.2) is 3.11 Å². The first kappa shape index (κ1) is 18.4. The molecule has 0 saturated carbocycles. The predicted octanol–water partition coefficient (Wildman–Crippen LogP) is 2.40. The molecule has 0 bridgehead atoms. The summed E-state index contributed by atoms with van der Waals surface area (Å²) in [5, 5.41) is 0. The molecule has 0 aromatic heterocycles. The maximum Gasteiger partial charge on any atom is 0.0209 e. The van der Waals surface area contributed by atoms with E-state index in [-0.39, 0.29) is 0 Å². The molecule has 0 radical (unpaired) electrons. The van der Waals surface area contributed by atoms with E-state index in [0.29, 0.717) is 0 Å². The summed E-state index contributed by atoms with van der Waals surface area (Å²) in [6.45, 7) is 16.7. The Bertz CT molecular complexity index is 330. The van der Waals surface area contributed by atoms with Crippen LogP contribution >= 0.6 is 22.9 Å². The molecule has 3 saturated heterocycles. The van der Waals surface area contributed by atoms with Crippen molar-refractivity contribution in [1.82, 2.24) is 17.8 Å². The van der Waals surface area contributed by atoms with Gasteiger partial charge in [-0.2, -0.15) is 0 Å². The van der Waals surface area contributed by atoms with E-state index in [1.807, 2.05) is 0 Å². The lowest BCUT2D eigenvalue weighted by Crippen LogP contribution is -2.46. The SMILES string of the molecule is CCN1CCC(CN2CCC(CN3CCN(I)CC3)CC2)CC1. The molecule has 0 aromatic carbocycles. The van der Waals surface area contributed by atoms with Crippen molar-refractivity contribution in [3.63, 3.8) is 0 Å². The minimum absolute atomic E-state index is 0.953. The molecule has 0 amide bonds. The number of nitrogens with zero attached hydrogens (tertiary/aromatic N) is 4. The molecular weight excluding hydrogens is 399 g/mol. The van der Waals surface area contributed by atoms with E-state index in [0.717, 1.165) is 11.8 Å². The first-order valence-electron chi connectivity index (χ1n) is 9.80. The molecular formula is C18H35IN4. The van der Waals surface area contributed by atoms with Crippen molar-refractivity contribution in [2.75, 3.05) is 72.0 Å². The molecule has 23 heavy (non-hydrogen) atoms. The zero-order valence-electron chi connectivity index (χ0n) is 14.9. The van der Waals surface area contributed by atoms with E-state index in [2.05, 4.69) is 47.6 Å². The fourth-order valence-electron chi connectivity index (χ4n) is 4.47. The first-order valence-corrected chi connectivity index (χ1v) is 10.8. The summed E-state index contributed by atoms with van der Waals surface area (Å²) in [7, 11) is 0. The molecule has 3 aliphatic heterocycles. The van der Waals surface area contributed by atoms with Crippen molar-refractivity contribution in [3.05, 3.63) is 0 Å². The van der Waals surface area contributed by atoms with Crippen LogP contribution in [0.15, 0.2) is 0 Å². The second kappa shape index (κ2) is 9.32. The van der Waals surface area contributed by atoms with Crippen molar-refractivity contribution < 1.29 is 0 Å². The summed E-state index contributed by atoms with van der Waals surface area (Å²) >= 11 is 2.47. The van der Waals surface area contributed by atoms with Crippen LogP contribution in [0.1, 0.15) is 32.6 Å². The van der Waals surface area contributed by atoms with Gasteiger partial charge in [0, 0.05) is 62.1 Å². The average Bonchev–Trinajstić information content (AvgIpc) is 2.59. The van der Waals surface area contributed by atoms with Crippen LogP contribution in [-0.2, 0) is 0 Å². The molecule has 3 rings (SSSR count). The van der Waals surface area contributed by atoms with Gasteiger partial charge in [0.2, 0.25) is 0 Å². The fraction of sp³-hybridized carbons (Fsp3) is 1.00. The third kappa shape index (κ3) is 5.80. The summed E-state index contributed by atoms with van der Waals surface area (Å²) in [5.41, 5.74) is 0. The van der Waals surface area contributed by atoms with Crippen molar-refractivity contribution in [1.29, 1.82) is 0 Å². The summed E-state index contributed by atoms with van der Waals surface area (Å²) in [6, 6.07) is 0. The molecule has 0 spiro atoms. The second-order valence-corrected chi connectivity index (χ2v) is 9.20. The van der Waals surface area contributed by atoms with Crippen molar-refractivity contribution in [2.24, 2.45) is 11.8 Å². The van der Waals surface area contributed by atoms with Gasteiger partial charge in [0.15, 0.2) is 0 Å². The molecule has 3 aliphatic rings. The van der Waals surface area contributed by atoms with Crippen molar-refractivity contribution in [2.45, 2.75) is 32.6 Å². The van der Waals surface area contributed by atoms with Gasteiger partial charge in [-0.05, 0) is 70.2 Å². The highest BCUT2D eigenvalue weighted by atomic mass is 127. The number of piperidine rings is 2. The molecule has 3 heterocycles. The van der Waals surface area contributed by atoms with Crippen LogP contribution in [0.3, 0.4) is 0 Å². The normalized spacial score (nSPS) is 28.4. The molecule has 134 valence electrons. The third-order valence-electron chi connectivity index (χ3n) is 6.21. The van der Waals surface area contributed by atoms with Crippen LogP contribution in [0.4, 0.5) is 0 Å². The highest BCUT2D eigenvalue weighted by molar-refractivity contribution is 14.1. The smallest absolute Gasteiger partial charge is 0.0209 e. The van der Waals surface area contributed by atoms with Gasteiger partial charge in [0.1, 0.15) is 0 Å². The predicted molar refractivity (Wildman–Crippen MR) is 106 cm³/mol. The van der Waals surface area contributed by atoms with E-state index >= 15 is 0 Å². The maximum atomic E-state index is 2.77. The second-order valence-electron chi connectivity index (χ2n) is 7.83. The number of halogens is 1. The minimum atomic E-state index is 0.953. The van der Waals surface area contributed by atoms with Crippen LogP contribution in [0.5, 0.6) is 0 Å². The van der Waals surface area contributed by atoms with Gasteiger partial charge in [-0.3, -0.25) is 0 Å². The zero-order valence-corrected chi connectivity index (χ0v) is 17.1. The molecule has 0 N–H and O–H groups in total. The van der Waals surface area contributed by atoms with Crippen LogP contribution in [0.25, 0.3) is 0 Å². The molecule has 0 atom stereocenters. The lowest BCUT2D eigenvalue weighted by molar-refractivity contribution is 0.0995. The highest BCUT2D eigenvalue weighted by Gasteiger charge is 2.26. The van der Waals surface area contributed by atoms with Crippen LogP contribution in [-0.4, -0.2) is 89.8 Å². The number of likely N-dealkylation sites (tertiary alicyclic amines) is 2. The van der Waals surface area contributed by atoms with Gasteiger partial charge in [0.05, 0.1) is 0 Å². The molecule has 4 nitrogen and oxygen atoms in total. The van der Waals surface area contributed by atoms with E-state index in [1.54, 1.807) is 0 Å². The molecule has 0 unspecified atom stereocenters. The van der Waals surface area contributed by atoms with Crippen molar-refractivity contribution in [3.8, 4) is 0 Å². The number of piperazine rings is 1. The third-order valence-corrected chi connectivity index (χ3v) is 7.18. The van der Waals surface area contributed by atoms with Gasteiger partial charge < -0.3 is 14.7 Å². The number of rotatable bonds is 5. The topological polar surface area (TPSA) is 13.0 Å². The Hall–Kier alpha value is 0.570. The lowest BCUT2D eigenvalue weighted by atomic mass is 9.92. The van der Waals surface area contributed by atoms with Gasteiger partial charge >= 0.3 is 0 Å². The first-order chi connectivity index (χ1) is 11.2. The highest BCUT2D eigenvalue weighted by Crippen LogP contribution is 2.23. The van der Waals surface area contributed by atoms with Gasteiger partial charge in [-0.15, -0.1) is 0 Å². The summed E-state index contributed by atoms with van der Waals surface area (Å²) in [4.78, 5) is 8.08. The summed E-state index contributed by atoms with van der Waals surface area (Å²) < 4.78 is 2.43. The van der Waals surface area contributed by atoms with Gasteiger partial charge in [0.25, 0.3) is 0 Å². The lowest BCUT2D eigenvalue weighted by Gasteiger charge is -2.39. The average molecular weight is 434 g/mol. The zero-order chi connectivity index (χ0) is 16.1. The Morgan fingerprint density at radius 3 is 1.57 bits per heavy atom. The Kier molecular flexibility index (Phi) is 7.44. The molecule has 5 heteroatoms. The van der Waals surface area contributed by atoms with Crippen LogP contribution in [0, 0.1) is 11.8 Å². The largest absolute Gasteiger partial charge is 0.304 e. The van der Waals surface area contributed by atoms with E-state index in [1.165, 1.54) is 97.7 Å². The Balaban J connectivity index is 1.31. The minimum Gasteiger partial charge on any atom is -0.304 e. The van der Waals surface area contributed by atoms with E-state index < -0.39 is 0 Å². The quantitative estimate of drug-likeness (QED) is 0.487. The van der Waals surface area contributed by atoms with E-state index in [4.69, 9.17) is 0 Å². The fourth-order valence-corrected chi connectivity index (χ4v) is 4.90. The molecule has 0 aromatic rings. The molecule has 0 aliphatic carbocycles. The van der Waals surface area contributed by atoms with Crippen LogP contribution < -0.4 is 0 Å². The number of hydrogen-bond acceptors (Lipinski definition) is 4. The Labute approximate surface area is 157 Å².